The number of aryl methyl sites for hydroxylation is 1. The summed E-state index contributed by atoms with van der Waals surface area (Å²) in [6.45, 7) is 2.18. The number of sulfonamides is 1. The first-order valence-electron chi connectivity index (χ1n) is 6.28. The van der Waals surface area contributed by atoms with Gasteiger partial charge < -0.3 is 15.5 Å². The van der Waals surface area contributed by atoms with Gasteiger partial charge in [0.15, 0.2) is 0 Å². The zero-order valence-corrected chi connectivity index (χ0v) is 12.9. The standard InChI is InChI=1S/C13H18N4O3S/c1-9-7-16-13(20-9)8-15-12-5-4-10(6-11(12)14)21(18,19)17(2)3/h4-7,15H,8,14H2,1-3H3. The van der Waals surface area contributed by atoms with E-state index in [0.717, 1.165) is 10.1 Å². The maximum absolute atomic E-state index is 12.0. The first kappa shape index (κ1) is 15.3. The fourth-order valence-electron chi connectivity index (χ4n) is 1.73. The van der Waals surface area contributed by atoms with Gasteiger partial charge in [-0.05, 0) is 25.1 Å². The summed E-state index contributed by atoms with van der Waals surface area (Å²) >= 11 is 0. The molecule has 0 radical (unpaired) electrons. The molecule has 0 aliphatic carbocycles. The summed E-state index contributed by atoms with van der Waals surface area (Å²) in [6.07, 6.45) is 1.63. The minimum Gasteiger partial charge on any atom is -0.444 e. The zero-order valence-electron chi connectivity index (χ0n) is 12.1. The van der Waals surface area contributed by atoms with Crippen LogP contribution in [0.5, 0.6) is 0 Å². The van der Waals surface area contributed by atoms with Gasteiger partial charge in [0.25, 0.3) is 0 Å². The van der Waals surface area contributed by atoms with Gasteiger partial charge in [-0.1, -0.05) is 0 Å². The van der Waals surface area contributed by atoms with Gasteiger partial charge in [0, 0.05) is 14.1 Å². The second-order valence-electron chi connectivity index (χ2n) is 4.75. The Morgan fingerprint density at radius 3 is 2.62 bits per heavy atom. The Kier molecular flexibility index (Phi) is 4.19. The Morgan fingerprint density at radius 2 is 2.10 bits per heavy atom. The highest BCUT2D eigenvalue weighted by molar-refractivity contribution is 7.89. The largest absolute Gasteiger partial charge is 0.444 e. The van der Waals surface area contributed by atoms with E-state index >= 15 is 0 Å². The van der Waals surface area contributed by atoms with E-state index in [1.54, 1.807) is 12.3 Å². The molecule has 21 heavy (non-hydrogen) atoms. The second kappa shape index (κ2) is 5.74. The van der Waals surface area contributed by atoms with Crippen LogP contribution in [0.4, 0.5) is 11.4 Å². The lowest BCUT2D eigenvalue weighted by Gasteiger charge is -2.13. The van der Waals surface area contributed by atoms with Gasteiger partial charge in [-0.2, -0.15) is 0 Å². The number of benzene rings is 1. The van der Waals surface area contributed by atoms with E-state index in [1.807, 2.05) is 6.92 Å². The molecule has 7 nitrogen and oxygen atoms in total. The molecular weight excluding hydrogens is 292 g/mol. The van der Waals surface area contributed by atoms with Gasteiger partial charge in [0.1, 0.15) is 5.76 Å². The van der Waals surface area contributed by atoms with Crippen molar-refractivity contribution in [2.45, 2.75) is 18.4 Å². The second-order valence-corrected chi connectivity index (χ2v) is 6.91. The maximum Gasteiger partial charge on any atom is 0.242 e. The van der Waals surface area contributed by atoms with Crippen LogP contribution in [0.3, 0.4) is 0 Å². The summed E-state index contributed by atoms with van der Waals surface area (Å²) in [5.41, 5.74) is 6.87. The predicted octanol–water partition coefficient (Wildman–Crippen LogP) is 1.43. The van der Waals surface area contributed by atoms with Crippen molar-refractivity contribution in [3.8, 4) is 0 Å². The molecule has 0 aliphatic rings. The van der Waals surface area contributed by atoms with Crippen LogP contribution in [-0.2, 0) is 16.6 Å². The molecule has 114 valence electrons. The van der Waals surface area contributed by atoms with Crippen LogP contribution >= 0.6 is 0 Å². The topological polar surface area (TPSA) is 101 Å². The molecule has 1 aromatic carbocycles. The molecule has 0 atom stereocenters. The predicted molar refractivity (Wildman–Crippen MR) is 80.3 cm³/mol. The fourth-order valence-corrected chi connectivity index (χ4v) is 2.66. The summed E-state index contributed by atoms with van der Waals surface area (Å²) in [5, 5.41) is 3.06. The minimum absolute atomic E-state index is 0.155. The van der Waals surface area contributed by atoms with Crippen molar-refractivity contribution >= 4 is 21.4 Å². The molecule has 1 aromatic heterocycles. The third kappa shape index (κ3) is 3.34. The molecule has 0 bridgehead atoms. The molecule has 2 rings (SSSR count). The Morgan fingerprint density at radius 1 is 1.38 bits per heavy atom. The van der Waals surface area contributed by atoms with Crippen molar-refractivity contribution in [2.75, 3.05) is 25.1 Å². The molecule has 0 amide bonds. The first-order chi connectivity index (χ1) is 9.80. The van der Waals surface area contributed by atoms with E-state index in [-0.39, 0.29) is 4.90 Å². The Bertz CT molecular complexity index is 738. The quantitative estimate of drug-likeness (QED) is 0.810. The van der Waals surface area contributed by atoms with Crippen molar-refractivity contribution < 1.29 is 12.8 Å². The Balaban J connectivity index is 2.16. The zero-order chi connectivity index (χ0) is 15.6. The average molecular weight is 310 g/mol. The SMILES string of the molecule is Cc1cnc(CNc2ccc(S(=O)(=O)N(C)C)cc2N)o1. The maximum atomic E-state index is 12.0. The molecule has 8 heteroatoms. The van der Waals surface area contributed by atoms with Crippen LogP contribution in [0.2, 0.25) is 0 Å². The number of oxazole rings is 1. The van der Waals surface area contributed by atoms with Crippen molar-refractivity contribution in [2.24, 2.45) is 0 Å². The number of nitrogens with zero attached hydrogens (tertiary/aromatic N) is 2. The lowest BCUT2D eigenvalue weighted by molar-refractivity contribution is 0.479. The molecule has 0 unspecified atom stereocenters. The average Bonchev–Trinajstić information content (AvgIpc) is 2.82. The summed E-state index contributed by atoms with van der Waals surface area (Å²) in [6, 6.07) is 4.56. The van der Waals surface area contributed by atoms with E-state index in [2.05, 4.69) is 10.3 Å². The normalized spacial score (nSPS) is 11.8. The highest BCUT2D eigenvalue weighted by Gasteiger charge is 2.18. The van der Waals surface area contributed by atoms with Crippen LogP contribution in [0, 0.1) is 6.92 Å². The number of nitrogens with one attached hydrogen (secondary N) is 1. The Labute approximate surface area is 123 Å². The molecule has 2 aromatic rings. The molecule has 0 aliphatic heterocycles. The van der Waals surface area contributed by atoms with Crippen LogP contribution in [0.15, 0.2) is 33.7 Å². The molecule has 3 N–H and O–H groups in total. The third-order valence-corrected chi connectivity index (χ3v) is 4.71. The van der Waals surface area contributed by atoms with Gasteiger partial charge >= 0.3 is 0 Å². The molecule has 0 fully saturated rings. The van der Waals surface area contributed by atoms with E-state index in [1.165, 1.54) is 26.2 Å². The van der Waals surface area contributed by atoms with Gasteiger partial charge in [-0.15, -0.1) is 0 Å². The monoisotopic (exact) mass is 310 g/mol. The number of aromatic nitrogens is 1. The smallest absolute Gasteiger partial charge is 0.242 e. The van der Waals surface area contributed by atoms with Crippen LogP contribution in [0.25, 0.3) is 0 Å². The minimum atomic E-state index is -3.49. The van der Waals surface area contributed by atoms with E-state index in [0.29, 0.717) is 23.8 Å². The Hall–Kier alpha value is -2.06. The highest BCUT2D eigenvalue weighted by Crippen LogP contribution is 2.24. The van der Waals surface area contributed by atoms with E-state index < -0.39 is 10.0 Å². The lowest BCUT2D eigenvalue weighted by atomic mass is 10.2. The van der Waals surface area contributed by atoms with E-state index in [4.69, 9.17) is 10.2 Å². The number of hydrogen-bond acceptors (Lipinski definition) is 6. The molecular formula is C13H18N4O3S. The van der Waals surface area contributed by atoms with Crippen LogP contribution < -0.4 is 11.1 Å². The summed E-state index contributed by atoms with van der Waals surface area (Å²) in [5.74, 6) is 1.27. The van der Waals surface area contributed by atoms with Gasteiger partial charge in [-0.25, -0.2) is 17.7 Å². The van der Waals surface area contributed by atoms with Crippen molar-refractivity contribution in [1.29, 1.82) is 0 Å². The summed E-state index contributed by atoms with van der Waals surface area (Å²) in [7, 11) is -0.536. The lowest BCUT2D eigenvalue weighted by Crippen LogP contribution is -2.22. The van der Waals surface area contributed by atoms with Crippen molar-refractivity contribution in [1.82, 2.24) is 9.29 Å². The number of anilines is 2. The first-order valence-corrected chi connectivity index (χ1v) is 7.72. The van der Waals surface area contributed by atoms with Crippen LogP contribution in [-0.4, -0.2) is 31.8 Å². The van der Waals surface area contributed by atoms with Crippen molar-refractivity contribution in [3.05, 3.63) is 36.0 Å². The van der Waals surface area contributed by atoms with Gasteiger partial charge in [-0.3, -0.25) is 0 Å². The molecule has 0 saturated heterocycles. The fraction of sp³-hybridized carbons (Fsp3) is 0.308. The molecule has 0 saturated carbocycles. The summed E-state index contributed by atoms with van der Waals surface area (Å²) < 4.78 is 30.5. The van der Waals surface area contributed by atoms with Crippen molar-refractivity contribution in [3.63, 3.8) is 0 Å². The number of hydrogen-bond donors (Lipinski definition) is 2. The number of rotatable bonds is 5. The van der Waals surface area contributed by atoms with Crippen LogP contribution in [0.1, 0.15) is 11.7 Å². The van der Waals surface area contributed by atoms with E-state index in [9.17, 15) is 8.42 Å². The summed E-state index contributed by atoms with van der Waals surface area (Å²) in [4.78, 5) is 4.22. The molecule has 0 spiro atoms. The third-order valence-electron chi connectivity index (χ3n) is 2.90. The van der Waals surface area contributed by atoms with Gasteiger partial charge in [0.2, 0.25) is 15.9 Å². The van der Waals surface area contributed by atoms with Gasteiger partial charge in [0.05, 0.1) is 29.0 Å². The number of nitrogens with two attached hydrogens (primary N) is 1. The molecule has 1 heterocycles. The highest BCUT2D eigenvalue weighted by atomic mass is 32.2. The number of nitrogen functional groups attached to an aromatic ring is 1.